The zero-order chi connectivity index (χ0) is 18.5. The van der Waals surface area contributed by atoms with Crippen molar-refractivity contribution >= 4 is 11.8 Å². The first-order chi connectivity index (χ1) is 13.3. The van der Waals surface area contributed by atoms with Crippen LogP contribution in [0.1, 0.15) is 5.89 Å². The molecule has 4 aromatic heterocycles. The third kappa shape index (κ3) is 3.91. The molecule has 0 aliphatic carbocycles. The molecule has 138 valence electrons. The van der Waals surface area contributed by atoms with Crippen molar-refractivity contribution in [1.82, 2.24) is 29.9 Å². The number of rotatable bonds is 8. The number of hydrogen-bond acceptors (Lipinski definition) is 9. The quantitative estimate of drug-likeness (QED) is 0.424. The molecule has 0 bridgehead atoms. The highest BCUT2D eigenvalue weighted by Gasteiger charge is 2.16. The van der Waals surface area contributed by atoms with Gasteiger partial charge in [-0.05, 0) is 24.3 Å². The smallest absolute Gasteiger partial charge is 0.238 e. The number of methoxy groups -OCH3 is 1. The molecule has 0 saturated heterocycles. The number of aromatic nitrogens is 6. The first-order valence-corrected chi connectivity index (χ1v) is 9.15. The number of furan rings is 1. The third-order valence-electron chi connectivity index (χ3n) is 3.71. The molecule has 0 aliphatic rings. The zero-order valence-corrected chi connectivity index (χ0v) is 15.3. The van der Waals surface area contributed by atoms with Gasteiger partial charge in [0.2, 0.25) is 11.7 Å². The monoisotopic (exact) mass is 384 g/mol. The Bertz CT molecular complexity index is 983. The Kier molecular flexibility index (Phi) is 5.26. The Morgan fingerprint density at radius 2 is 2.07 bits per heavy atom. The zero-order valence-electron chi connectivity index (χ0n) is 14.5. The molecule has 0 spiro atoms. The fourth-order valence-corrected chi connectivity index (χ4v) is 3.24. The Hall–Kier alpha value is -2.98. The maximum Gasteiger partial charge on any atom is 0.238 e. The van der Waals surface area contributed by atoms with Gasteiger partial charge in [-0.3, -0.25) is 9.55 Å². The predicted octanol–water partition coefficient (Wildman–Crippen LogP) is 2.92. The largest absolute Gasteiger partial charge is 0.461 e. The lowest BCUT2D eigenvalue weighted by Gasteiger charge is -2.08. The van der Waals surface area contributed by atoms with E-state index >= 15 is 0 Å². The Balaban J connectivity index is 1.52. The van der Waals surface area contributed by atoms with Crippen molar-refractivity contribution in [2.24, 2.45) is 0 Å². The van der Waals surface area contributed by atoms with Crippen LogP contribution in [0, 0.1) is 0 Å². The van der Waals surface area contributed by atoms with Gasteiger partial charge in [0, 0.05) is 25.1 Å². The van der Waals surface area contributed by atoms with Crippen LogP contribution in [0.25, 0.3) is 23.0 Å². The minimum atomic E-state index is 0.425. The maximum absolute atomic E-state index is 5.29. The topological polar surface area (TPSA) is 105 Å². The highest BCUT2D eigenvalue weighted by Crippen LogP contribution is 2.26. The number of pyridine rings is 1. The van der Waals surface area contributed by atoms with E-state index in [-0.39, 0.29) is 0 Å². The number of nitrogens with zero attached hydrogens (tertiary/aromatic N) is 6. The second kappa shape index (κ2) is 8.14. The molecule has 0 aromatic carbocycles. The van der Waals surface area contributed by atoms with Crippen molar-refractivity contribution in [2.75, 3.05) is 13.7 Å². The summed E-state index contributed by atoms with van der Waals surface area (Å²) in [4.78, 5) is 8.39. The van der Waals surface area contributed by atoms with E-state index in [2.05, 4.69) is 25.3 Å². The van der Waals surface area contributed by atoms with E-state index in [4.69, 9.17) is 13.7 Å². The van der Waals surface area contributed by atoms with Gasteiger partial charge in [-0.1, -0.05) is 16.9 Å². The van der Waals surface area contributed by atoms with Crippen LogP contribution in [0.2, 0.25) is 0 Å². The minimum absolute atomic E-state index is 0.425. The number of thioether (sulfide) groups is 1. The van der Waals surface area contributed by atoms with Crippen LogP contribution in [0.15, 0.2) is 57.0 Å². The highest BCUT2D eigenvalue weighted by atomic mass is 32.2. The van der Waals surface area contributed by atoms with Crippen LogP contribution in [0.4, 0.5) is 0 Å². The highest BCUT2D eigenvalue weighted by molar-refractivity contribution is 7.98. The minimum Gasteiger partial charge on any atom is -0.461 e. The van der Waals surface area contributed by atoms with Gasteiger partial charge < -0.3 is 13.7 Å². The predicted molar refractivity (Wildman–Crippen MR) is 96.7 cm³/mol. The first-order valence-electron chi connectivity index (χ1n) is 8.17. The summed E-state index contributed by atoms with van der Waals surface area (Å²) in [6.45, 7) is 1.18. The molecule has 0 unspecified atom stereocenters. The van der Waals surface area contributed by atoms with E-state index in [0.717, 1.165) is 16.5 Å². The second-order valence-corrected chi connectivity index (χ2v) is 6.41. The molecule has 0 fully saturated rings. The molecule has 4 heterocycles. The summed E-state index contributed by atoms with van der Waals surface area (Å²) >= 11 is 1.47. The third-order valence-corrected chi connectivity index (χ3v) is 4.66. The van der Waals surface area contributed by atoms with Crippen molar-refractivity contribution in [3.8, 4) is 23.0 Å². The van der Waals surface area contributed by atoms with Gasteiger partial charge in [0.1, 0.15) is 0 Å². The summed E-state index contributed by atoms with van der Waals surface area (Å²) in [5.74, 6) is 2.71. The average Bonchev–Trinajstić information content (AvgIpc) is 3.45. The van der Waals surface area contributed by atoms with Crippen molar-refractivity contribution in [3.63, 3.8) is 0 Å². The SMILES string of the molecule is COCCn1c(SCc2nc(-c3ccco3)no2)nnc1-c1ccncc1. The van der Waals surface area contributed by atoms with Gasteiger partial charge >= 0.3 is 0 Å². The molecular formula is C17H16N6O3S. The van der Waals surface area contributed by atoms with Crippen molar-refractivity contribution in [3.05, 3.63) is 48.8 Å². The number of hydrogen-bond donors (Lipinski definition) is 0. The van der Waals surface area contributed by atoms with Crippen LogP contribution in [-0.4, -0.2) is 43.6 Å². The molecule has 9 nitrogen and oxygen atoms in total. The molecule has 0 aliphatic heterocycles. The van der Waals surface area contributed by atoms with Crippen molar-refractivity contribution in [1.29, 1.82) is 0 Å². The van der Waals surface area contributed by atoms with Crippen LogP contribution in [-0.2, 0) is 17.0 Å². The van der Waals surface area contributed by atoms with Crippen molar-refractivity contribution < 1.29 is 13.7 Å². The summed E-state index contributed by atoms with van der Waals surface area (Å²) in [6, 6.07) is 7.36. The molecule has 27 heavy (non-hydrogen) atoms. The molecule has 0 N–H and O–H groups in total. The molecule has 10 heteroatoms. The van der Waals surface area contributed by atoms with E-state index in [1.807, 2.05) is 16.7 Å². The maximum atomic E-state index is 5.29. The van der Waals surface area contributed by atoms with Gasteiger partial charge in [0.05, 0.1) is 25.2 Å². The summed E-state index contributed by atoms with van der Waals surface area (Å²) in [7, 11) is 1.66. The van der Waals surface area contributed by atoms with E-state index < -0.39 is 0 Å². The fraction of sp³-hybridized carbons (Fsp3) is 0.235. The average molecular weight is 384 g/mol. The van der Waals surface area contributed by atoms with Crippen LogP contribution in [0.5, 0.6) is 0 Å². The van der Waals surface area contributed by atoms with Gasteiger partial charge in [0.15, 0.2) is 16.7 Å². The van der Waals surface area contributed by atoms with E-state index in [1.165, 1.54) is 11.8 Å². The lowest BCUT2D eigenvalue weighted by atomic mass is 10.2. The summed E-state index contributed by atoms with van der Waals surface area (Å²) in [5.41, 5.74) is 0.943. The van der Waals surface area contributed by atoms with Gasteiger partial charge in [-0.15, -0.1) is 10.2 Å². The van der Waals surface area contributed by atoms with Crippen LogP contribution < -0.4 is 0 Å². The normalized spacial score (nSPS) is 11.1. The molecule has 0 saturated carbocycles. The Labute approximate surface area is 158 Å². The molecule has 0 atom stereocenters. The standard InChI is InChI=1S/C17H16N6O3S/c1-24-10-8-23-16(12-4-6-18-7-5-12)20-21-17(23)27-11-14-19-15(22-26-14)13-3-2-9-25-13/h2-7,9H,8,10-11H2,1H3. The summed E-state index contributed by atoms with van der Waals surface area (Å²) in [5, 5.41) is 13.3. The second-order valence-electron chi connectivity index (χ2n) is 5.46. The molecule has 0 amide bonds. The molecule has 4 aromatic rings. The molecular weight excluding hydrogens is 368 g/mol. The number of ether oxygens (including phenoxy) is 1. The van der Waals surface area contributed by atoms with Gasteiger partial charge in [0.25, 0.3) is 0 Å². The van der Waals surface area contributed by atoms with Gasteiger partial charge in [-0.25, -0.2) is 0 Å². The van der Waals surface area contributed by atoms with Crippen LogP contribution in [0.3, 0.4) is 0 Å². The van der Waals surface area contributed by atoms with Crippen LogP contribution >= 0.6 is 11.8 Å². The Morgan fingerprint density at radius 3 is 2.85 bits per heavy atom. The van der Waals surface area contributed by atoms with Gasteiger partial charge in [-0.2, -0.15) is 4.98 Å². The summed E-state index contributed by atoms with van der Waals surface area (Å²) in [6.07, 6.45) is 5.03. The van der Waals surface area contributed by atoms with Crippen molar-refractivity contribution in [2.45, 2.75) is 17.5 Å². The molecule has 4 rings (SSSR count). The summed E-state index contributed by atoms with van der Waals surface area (Å²) < 4.78 is 17.8. The molecule has 0 radical (unpaired) electrons. The fourth-order valence-electron chi connectivity index (χ4n) is 2.44. The Morgan fingerprint density at radius 1 is 1.19 bits per heavy atom. The van der Waals surface area contributed by atoms with E-state index in [9.17, 15) is 0 Å². The van der Waals surface area contributed by atoms with E-state index in [1.54, 1.807) is 37.9 Å². The first kappa shape index (κ1) is 17.4. The lowest BCUT2D eigenvalue weighted by Crippen LogP contribution is -2.07. The lowest BCUT2D eigenvalue weighted by molar-refractivity contribution is 0.185. The van der Waals surface area contributed by atoms with E-state index in [0.29, 0.717) is 36.4 Å².